The molecule has 0 bridgehead atoms. The number of methoxy groups -OCH3 is 1. The molecule has 21 heavy (non-hydrogen) atoms. The summed E-state index contributed by atoms with van der Waals surface area (Å²) in [5.74, 6) is -2.35. The molecule has 1 atom stereocenters. The van der Waals surface area contributed by atoms with Crippen molar-refractivity contribution in [2.45, 2.75) is 26.8 Å². The van der Waals surface area contributed by atoms with Crippen LogP contribution < -0.4 is 10.6 Å². The Labute approximate surface area is 126 Å². The summed E-state index contributed by atoms with van der Waals surface area (Å²) in [4.78, 5) is 36.0. The van der Waals surface area contributed by atoms with Crippen molar-refractivity contribution in [2.24, 2.45) is 0 Å². The van der Waals surface area contributed by atoms with Gasteiger partial charge in [0.05, 0.1) is 19.3 Å². The number of thiophene rings is 1. The van der Waals surface area contributed by atoms with Gasteiger partial charge in [-0.1, -0.05) is 0 Å². The van der Waals surface area contributed by atoms with Crippen LogP contribution in [-0.4, -0.2) is 42.6 Å². The van der Waals surface area contributed by atoms with Crippen LogP contribution in [0.2, 0.25) is 0 Å². The molecule has 7 nitrogen and oxygen atoms in total. The summed E-state index contributed by atoms with van der Waals surface area (Å²) in [6, 6.07) is -0.532. The summed E-state index contributed by atoms with van der Waals surface area (Å²) in [6.45, 7) is 4.83. The number of hydrogen-bond donors (Lipinski definition) is 3. The fraction of sp³-hybridized carbons (Fsp3) is 0.462. The Balaban J connectivity index is 2.93. The number of aliphatic hydroxyl groups excluding tert-OH is 1. The van der Waals surface area contributed by atoms with Crippen molar-refractivity contribution >= 4 is 34.1 Å². The van der Waals surface area contributed by atoms with Crippen molar-refractivity contribution in [1.29, 1.82) is 0 Å². The Morgan fingerprint density at radius 1 is 1.29 bits per heavy atom. The first-order chi connectivity index (χ1) is 9.81. The Bertz CT molecular complexity index is 567. The molecule has 1 aromatic rings. The second-order valence-corrected chi connectivity index (χ2v) is 5.71. The van der Waals surface area contributed by atoms with Crippen molar-refractivity contribution in [3.8, 4) is 0 Å². The monoisotopic (exact) mass is 314 g/mol. The van der Waals surface area contributed by atoms with Gasteiger partial charge < -0.3 is 20.5 Å². The van der Waals surface area contributed by atoms with Gasteiger partial charge in [-0.05, 0) is 26.3 Å². The van der Waals surface area contributed by atoms with E-state index in [9.17, 15) is 14.4 Å². The average Bonchev–Trinajstić information content (AvgIpc) is 2.72. The Morgan fingerprint density at radius 3 is 2.43 bits per heavy atom. The van der Waals surface area contributed by atoms with Gasteiger partial charge >= 0.3 is 17.8 Å². The number of esters is 1. The quantitative estimate of drug-likeness (QED) is 0.557. The summed E-state index contributed by atoms with van der Waals surface area (Å²) in [5, 5.41) is 13.8. The minimum atomic E-state index is -0.901. The van der Waals surface area contributed by atoms with Crippen molar-refractivity contribution in [2.75, 3.05) is 19.0 Å². The summed E-state index contributed by atoms with van der Waals surface area (Å²) >= 11 is 1.19. The molecule has 1 aromatic heterocycles. The summed E-state index contributed by atoms with van der Waals surface area (Å²) in [6.07, 6.45) is 0. The third-order valence-electron chi connectivity index (χ3n) is 2.86. The number of aliphatic hydroxyl groups is 1. The highest BCUT2D eigenvalue weighted by atomic mass is 32.1. The molecule has 1 heterocycles. The molecule has 0 radical (unpaired) electrons. The van der Waals surface area contributed by atoms with E-state index in [1.54, 1.807) is 20.8 Å². The Kier molecular flexibility index (Phi) is 5.86. The first-order valence-corrected chi connectivity index (χ1v) is 7.04. The van der Waals surface area contributed by atoms with E-state index in [1.807, 2.05) is 0 Å². The van der Waals surface area contributed by atoms with Gasteiger partial charge in [-0.2, -0.15) is 0 Å². The van der Waals surface area contributed by atoms with Gasteiger partial charge in [-0.15, -0.1) is 11.3 Å². The number of ether oxygens (including phenoxy) is 1. The highest BCUT2D eigenvalue weighted by Gasteiger charge is 2.24. The maximum atomic E-state index is 11.8. The Hall–Kier alpha value is -1.93. The van der Waals surface area contributed by atoms with Crippen LogP contribution in [0.5, 0.6) is 0 Å². The number of amides is 2. The van der Waals surface area contributed by atoms with Crippen LogP contribution in [0, 0.1) is 13.8 Å². The number of rotatable bonds is 4. The molecule has 3 N–H and O–H groups in total. The lowest BCUT2D eigenvalue weighted by Crippen LogP contribution is -2.42. The maximum Gasteiger partial charge on any atom is 0.341 e. The SMILES string of the molecule is COC(=O)c1c(NC(=O)C(=O)N[C@@H](C)CO)sc(C)c1C. The second kappa shape index (κ2) is 7.19. The Morgan fingerprint density at radius 2 is 1.90 bits per heavy atom. The summed E-state index contributed by atoms with van der Waals surface area (Å²) in [7, 11) is 1.25. The standard InChI is InChI=1S/C13H18N2O5S/c1-6(5-16)14-10(17)11(18)15-12-9(13(19)20-4)7(2)8(3)21-12/h6,16H,5H2,1-4H3,(H,14,17)(H,15,18)/t6-/m0/s1. The zero-order valence-electron chi connectivity index (χ0n) is 12.3. The molecule has 0 saturated heterocycles. The van der Waals surface area contributed by atoms with Crippen molar-refractivity contribution in [3.63, 3.8) is 0 Å². The van der Waals surface area contributed by atoms with Crippen molar-refractivity contribution in [1.82, 2.24) is 5.32 Å². The number of carbonyl (C=O) groups is 3. The predicted octanol–water partition coefficient (Wildman–Crippen LogP) is 0.587. The molecule has 8 heteroatoms. The summed E-state index contributed by atoms with van der Waals surface area (Å²) < 4.78 is 4.68. The molecule has 116 valence electrons. The zero-order valence-corrected chi connectivity index (χ0v) is 13.1. The number of carbonyl (C=O) groups excluding carboxylic acids is 3. The molecule has 0 aliphatic carbocycles. The van der Waals surface area contributed by atoms with E-state index in [2.05, 4.69) is 15.4 Å². The lowest BCUT2D eigenvalue weighted by Gasteiger charge is -2.10. The minimum Gasteiger partial charge on any atom is -0.465 e. The number of aryl methyl sites for hydroxylation is 1. The third kappa shape index (κ3) is 4.02. The highest BCUT2D eigenvalue weighted by Crippen LogP contribution is 2.32. The lowest BCUT2D eigenvalue weighted by molar-refractivity contribution is -0.136. The van der Waals surface area contributed by atoms with Crippen LogP contribution in [0.4, 0.5) is 5.00 Å². The minimum absolute atomic E-state index is 0.247. The van der Waals surface area contributed by atoms with Gasteiger partial charge in [0.15, 0.2) is 0 Å². The maximum absolute atomic E-state index is 11.8. The average molecular weight is 314 g/mol. The molecule has 0 aliphatic heterocycles. The van der Waals surface area contributed by atoms with Gasteiger partial charge in [-0.3, -0.25) is 9.59 Å². The molecule has 0 spiro atoms. The van der Waals surface area contributed by atoms with E-state index in [0.717, 1.165) is 4.88 Å². The predicted molar refractivity (Wildman–Crippen MR) is 78.5 cm³/mol. The van der Waals surface area contributed by atoms with Gasteiger partial charge in [0.2, 0.25) is 0 Å². The van der Waals surface area contributed by atoms with Gasteiger partial charge in [-0.25, -0.2) is 4.79 Å². The third-order valence-corrected chi connectivity index (χ3v) is 3.98. The fourth-order valence-electron chi connectivity index (χ4n) is 1.56. The van der Waals surface area contributed by atoms with E-state index in [0.29, 0.717) is 5.56 Å². The van der Waals surface area contributed by atoms with Gasteiger partial charge in [0.1, 0.15) is 5.00 Å². The van der Waals surface area contributed by atoms with Crippen LogP contribution in [0.3, 0.4) is 0 Å². The van der Waals surface area contributed by atoms with Crippen molar-refractivity contribution in [3.05, 3.63) is 16.0 Å². The van der Waals surface area contributed by atoms with Crippen LogP contribution in [-0.2, 0) is 14.3 Å². The molecule has 0 aliphatic rings. The van der Waals surface area contributed by atoms with E-state index in [1.165, 1.54) is 18.4 Å². The van der Waals surface area contributed by atoms with E-state index >= 15 is 0 Å². The van der Waals surface area contributed by atoms with Crippen LogP contribution in [0.1, 0.15) is 27.7 Å². The van der Waals surface area contributed by atoms with Crippen molar-refractivity contribution < 1.29 is 24.2 Å². The zero-order chi connectivity index (χ0) is 16.2. The molecule has 0 fully saturated rings. The largest absolute Gasteiger partial charge is 0.465 e. The molecule has 0 aromatic carbocycles. The van der Waals surface area contributed by atoms with E-state index in [-0.39, 0.29) is 17.2 Å². The normalized spacial score (nSPS) is 11.7. The van der Waals surface area contributed by atoms with Crippen LogP contribution >= 0.6 is 11.3 Å². The van der Waals surface area contributed by atoms with E-state index in [4.69, 9.17) is 5.11 Å². The number of nitrogens with one attached hydrogen (secondary N) is 2. The molecule has 2 amide bonds. The van der Waals surface area contributed by atoms with Gasteiger partial charge in [0.25, 0.3) is 0 Å². The van der Waals surface area contributed by atoms with Crippen LogP contribution in [0.25, 0.3) is 0 Å². The smallest absolute Gasteiger partial charge is 0.341 e. The topological polar surface area (TPSA) is 105 Å². The molecule has 0 saturated carbocycles. The highest BCUT2D eigenvalue weighted by molar-refractivity contribution is 7.17. The second-order valence-electron chi connectivity index (χ2n) is 4.49. The molecular weight excluding hydrogens is 296 g/mol. The molecule has 0 unspecified atom stereocenters. The molecular formula is C13H18N2O5S. The summed E-state index contributed by atoms with van der Waals surface area (Å²) in [5.41, 5.74) is 0.947. The van der Waals surface area contributed by atoms with Crippen LogP contribution in [0.15, 0.2) is 0 Å². The van der Waals surface area contributed by atoms with E-state index < -0.39 is 23.8 Å². The molecule has 1 rings (SSSR count). The number of anilines is 1. The van der Waals surface area contributed by atoms with Gasteiger partial charge in [0, 0.05) is 10.9 Å². The fourth-order valence-corrected chi connectivity index (χ4v) is 2.60. The number of hydrogen-bond acceptors (Lipinski definition) is 6. The lowest BCUT2D eigenvalue weighted by atomic mass is 10.1. The first-order valence-electron chi connectivity index (χ1n) is 6.22. The first kappa shape index (κ1) is 17.1.